The van der Waals surface area contributed by atoms with Crippen LogP contribution >= 0.6 is 0 Å². The highest BCUT2D eigenvalue weighted by molar-refractivity contribution is 7.90. The van der Waals surface area contributed by atoms with Gasteiger partial charge < -0.3 is 10.6 Å². The van der Waals surface area contributed by atoms with Gasteiger partial charge in [-0.05, 0) is 43.4 Å². The molecule has 2 aromatic carbocycles. The molecule has 0 unspecified atom stereocenters. The average Bonchev–Trinajstić information content (AvgIpc) is 3.36. The monoisotopic (exact) mass is 495 g/mol. The molecule has 1 saturated heterocycles. The standard InChI is InChI=1S/C24H28F3N3O3S/c25-24(26,27)34(32,33)30-23(19-12-5-2-6-13-19)16-8-7-15-22(23,18-10-3-1-4-11-18)29-21(31)20-14-9-17-28-20/h1-6,10-13,20,28,30H,7-9,14-17H2,(H,29,31)/t20-,22-,23-/m0/s1. The molecule has 184 valence electrons. The van der Waals surface area contributed by atoms with Crippen LogP contribution in [0.15, 0.2) is 60.7 Å². The smallest absolute Gasteiger partial charge is 0.343 e. The number of alkyl halides is 3. The van der Waals surface area contributed by atoms with Crippen LogP contribution in [-0.2, 0) is 25.9 Å². The Morgan fingerprint density at radius 2 is 1.41 bits per heavy atom. The average molecular weight is 496 g/mol. The van der Waals surface area contributed by atoms with Gasteiger partial charge in [0.15, 0.2) is 0 Å². The van der Waals surface area contributed by atoms with E-state index in [2.05, 4.69) is 15.4 Å². The highest BCUT2D eigenvalue weighted by atomic mass is 32.2. The molecule has 0 bridgehead atoms. The predicted octanol–water partition coefficient (Wildman–Crippen LogP) is 3.66. The lowest BCUT2D eigenvalue weighted by atomic mass is 9.61. The van der Waals surface area contributed by atoms with Crippen molar-refractivity contribution in [2.24, 2.45) is 0 Å². The molecular formula is C24H28F3N3O3S. The molecule has 1 amide bonds. The van der Waals surface area contributed by atoms with Crippen molar-refractivity contribution in [3.05, 3.63) is 71.8 Å². The van der Waals surface area contributed by atoms with E-state index < -0.39 is 32.7 Å². The van der Waals surface area contributed by atoms with Crippen molar-refractivity contribution in [3.8, 4) is 0 Å². The van der Waals surface area contributed by atoms with Crippen molar-refractivity contribution in [1.82, 2.24) is 15.4 Å². The second kappa shape index (κ2) is 9.31. The van der Waals surface area contributed by atoms with Gasteiger partial charge in [-0.3, -0.25) is 4.79 Å². The number of hydrogen-bond donors (Lipinski definition) is 3. The third kappa shape index (κ3) is 4.34. The largest absolute Gasteiger partial charge is 0.511 e. The number of sulfonamides is 1. The van der Waals surface area contributed by atoms with Crippen molar-refractivity contribution in [2.75, 3.05) is 6.54 Å². The van der Waals surface area contributed by atoms with Gasteiger partial charge in [-0.25, -0.2) is 8.42 Å². The maximum atomic E-state index is 13.7. The van der Waals surface area contributed by atoms with E-state index in [0.717, 1.165) is 6.42 Å². The zero-order valence-corrected chi connectivity index (χ0v) is 19.4. The molecule has 3 atom stereocenters. The third-order valence-electron chi connectivity index (χ3n) is 6.94. The fourth-order valence-corrected chi connectivity index (χ4v) is 6.33. The first-order valence-corrected chi connectivity index (χ1v) is 12.9. The number of rotatable bonds is 6. The molecule has 6 nitrogen and oxygen atoms in total. The van der Waals surface area contributed by atoms with Crippen LogP contribution in [0.2, 0.25) is 0 Å². The molecule has 0 radical (unpaired) electrons. The van der Waals surface area contributed by atoms with Crippen LogP contribution in [0.5, 0.6) is 0 Å². The summed E-state index contributed by atoms with van der Waals surface area (Å²) < 4.78 is 68.3. The molecule has 2 fully saturated rings. The van der Waals surface area contributed by atoms with Crippen molar-refractivity contribution in [3.63, 3.8) is 0 Å². The fourth-order valence-electron chi connectivity index (χ4n) is 5.37. The minimum atomic E-state index is -5.75. The van der Waals surface area contributed by atoms with Crippen LogP contribution in [0, 0.1) is 0 Å². The summed E-state index contributed by atoms with van der Waals surface area (Å²) in [5.74, 6) is -0.352. The molecular weight excluding hydrogens is 467 g/mol. The van der Waals surface area contributed by atoms with E-state index in [4.69, 9.17) is 0 Å². The summed E-state index contributed by atoms with van der Waals surface area (Å²) in [5, 5.41) is 6.18. The number of hydrogen-bond acceptors (Lipinski definition) is 4. The van der Waals surface area contributed by atoms with Crippen molar-refractivity contribution in [1.29, 1.82) is 0 Å². The van der Waals surface area contributed by atoms with Crippen molar-refractivity contribution in [2.45, 2.75) is 61.2 Å². The SMILES string of the molecule is O=C(N[C@]1(c2ccccc2)CCCC[C@]1(NS(=O)(=O)C(F)(F)F)c1ccccc1)[C@@H]1CCCN1. The van der Waals surface area contributed by atoms with Crippen molar-refractivity contribution >= 4 is 15.9 Å². The first kappa shape index (κ1) is 24.7. The number of amides is 1. The molecule has 34 heavy (non-hydrogen) atoms. The van der Waals surface area contributed by atoms with Gasteiger partial charge in [0.2, 0.25) is 5.91 Å². The Bertz CT molecular complexity index is 1110. The molecule has 1 saturated carbocycles. The Morgan fingerprint density at radius 3 is 1.91 bits per heavy atom. The summed E-state index contributed by atoms with van der Waals surface area (Å²) >= 11 is 0. The van der Waals surface area contributed by atoms with Gasteiger partial charge in [0.25, 0.3) is 0 Å². The Balaban J connectivity index is 1.96. The van der Waals surface area contributed by atoms with Gasteiger partial charge in [-0.2, -0.15) is 17.9 Å². The number of benzene rings is 2. The van der Waals surface area contributed by atoms with Gasteiger partial charge in [0.05, 0.1) is 17.1 Å². The molecule has 10 heteroatoms. The van der Waals surface area contributed by atoms with E-state index in [9.17, 15) is 26.4 Å². The van der Waals surface area contributed by atoms with Crippen molar-refractivity contribution < 1.29 is 26.4 Å². The maximum Gasteiger partial charge on any atom is 0.511 e. The maximum absolute atomic E-state index is 13.7. The molecule has 1 aliphatic carbocycles. The number of halogens is 3. The van der Waals surface area contributed by atoms with E-state index in [-0.39, 0.29) is 18.7 Å². The Kier molecular flexibility index (Phi) is 6.76. The van der Waals surface area contributed by atoms with Gasteiger partial charge in [-0.15, -0.1) is 0 Å². The molecule has 2 aliphatic rings. The fraction of sp³-hybridized carbons (Fsp3) is 0.458. The number of nitrogens with one attached hydrogen (secondary N) is 3. The number of carbonyl (C=O) groups excluding carboxylic acids is 1. The van der Waals surface area contributed by atoms with Gasteiger partial charge in [-0.1, -0.05) is 73.5 Å². The molecule has 0 spiro atoms. The lowest BCUT2D eigenvalue weighted by Gasteiger charge is -2.55. The topological polar surface area (TPSA) is 87.3 Å². The summed E-state index contributed by atoms with van der Waals surface area (Å²) in [4.78, 5) is 13.4. The molecule has 3 N–H and O–H groups in total. The molecule has 4 rings (SSSR count). The Labute approximate surface area is 197 Å². The minimum Gasteiger partial charge on any atom is -0.343 e. The minimum absolute atomic E-state index is 0.0829. The van der Waals surface area contributed by atoms with E-state index in [1.165, 1.54) is 0 Å². The van der Waals surface area contributed by atoms with E-state index in [0.29, 0.717) is 36.9 Å². The first-order chi connectivity index (χ1) is 16.1. The predicted molar refractivity (Wildman–Crippen MR) is 122 cm³/mol. The Morgan fingerprint density at radius 1 is 0.882 bits per heavy atom. The Hall–Kier alpha value is -2.43. The van der Waals surface area contributed by atoms with Gasteiger partial charge >= 0.3 is 15.5 Å². The van der Waals surface area contributed by atoms with Crippen LogP contribution in [-0.4, -0.2) is 32.4 Å². The quantitative estimate of drug-likeness (QED) is 0.571. The van der Waals surface area contributed by atoms with E-state index in [1.807, 2.05) is 0 Å². The normalized spacial score (nSPS) is 27.9. The van der Waals surface area contributed by atoms with E-state index >= 15 is 0 Å². The molecule has 1 aliphatic heterocycles. The third-order valence-corrected chi connectivity index (χ3v) is 8.17. The van der Waals surface area contributed by atoms with Crippen LogP contribution in [0.25, 0.3) is 0 Å². The summed E-state index contributed by atoms with van der Waals surface area (Å²) in [6.07, 6.45) is 2.85. The highest BCUT2D eigenvalue weighted by Gasteiger charge is 2.61. The van der Waals surface area contributed by atoms with Crippen LogP contribution in [0.3, 0.4) is 0 Å². The lowest BCUT2D eigenvalue weighted by molar-refractivity contribution is -0.127. The van der Waals surface area contributed by atoms with Crippen LogP contribution in [0.4, 0.5) is 13.2 Å². The molecule has 2 aromatic rings. The molecule has 1 heterocycles. The second-order valence-corrected chi connectivity index (χ2v) is 10.6. The summed E-state index contributed by atoms with van der Waals surface area (Å²) in [7, 11) is -5.75. The second-order valence-electron chi connectivity index (χ2n) is 8.94. The first-order valence-electron chi connectivity index (χ1n) is 11.4. The summed E-state index contributed by atoms with van der Waals surface area (Å²) in [6, 6.07) is 16.5. The molecule has 0 aromatic heterocycles. The van der Waals surface area contributed by atoms with E-state index in [1.54, 1.807) is 60.7 Å². The van der Waals surface area contributed by atoms with Crippen LogP contribution in [0.1, 0.15) is 49.7 Å². The summed E-state index contributed by atoms with van der Waals surface area (Å²) in [5.41, 5.74) is -7.78. The zero-order valence-electron chi connectivity index (χ0n) is 18.6. The number of carbonyl (C=O) groups is 1. The highest BCUT2D eigenvalue weighted by Crippen LogP contribution is 2.52. The lowest BCUT2D eigenvalue weighted by Crippen LogP contribution is -2.70. The van der Waals surface area contributed by atoms with Gasteiger partial charge in [0, 0.05) is 0 Å². The van der Waals surface area contributed by atoms with Gasteiger partial charge in [0.1, 0.15) is 0 Å². The van der Waals surface area contributed by atoms with Crippen LogP contribution < -0.4 is 15.4 Å². The zero-order chi connectivity index (χ0) is 24.5. The summed E-state index contributed by atoms with van der Waals surface area (Å²) in [6.45, 7) is 0.668.